The maximum atomic E-state index is 11.3. The fraction of sp³-hybridized carbons (Fsp3) is 0.400. The molecule has 2 rings (SSSR count). The smallest absolute Gasteiger partial charge is 0.159 e. The summed E-state index contributed by atoms with van der Waals surface area (Å²) in [5.74, 6) is -0.0515. The lowest BCUT2D eigenvalue weighted by atomic mass is 10.2. The van der Waals surface area contributed by atoms with Gasteiger partial charge < -0.3 is 10.4 Å². The van der Waals surface area contributed by atoms with Crippen LogP contribution in [0.5, 0.6) is 0 Å². The lowest BCUT2D eigenvalue weighted by Crippen LogP contribution is -2.87. The Morgan fingerprint density at radius 1 is 1.20 bits per heavy atom. The summed E-state index contributed by atoms with van der Waals surface area (Å²) in [5.41, 5.74) is 0.957. The van der Waals surface area contributed by atoms with Crippen LogP contribution in [-0.4, -0.2) is 37.2 Å². The van der Waals surface area contributed by atoms with Gasteiger partial charge in [0.25, 0.3) is 0 Å². The SMILES string of the molecule is O=S1(=O)CC(O)C([NH2+]c2ccccc2)C1. The quantitative estimate of drug-likeness (QED) is 0.640. The molecule has 2 atom stereocenters. The number of benzene rings is 1. The Bertz CT molecular complexity index is 429. The predicted molar refractivity (Wildman–Crippen MR) is 56.5 cm³/mol. The molecule has 0 aromatic heterocycles. The normalized spacial score (nSPS) is 29.1. The fourth-order valence-corrected chi connectivity index (χ4v) is 3.64. The zero-order valence-electron chi connectivity index (χ0n) is 8.20. The molecule has 0 bridgehead atoms. The van der Waals surface area contributed by atoms with Crippen molar-refractivity contribution in [1.29, 1.82) is 0 Å². The van der Waals surface area contributed by atoms with E-state index in [1.807, 2.05) is 35.6 Å². The molecule has 4 nitrogen and oxygen atoms in total. The van der Waals surface area contributed by atoms with Gasteiger partial charge in [-0.2, -0.15) is 0 Å². The molecule has 1 saturated heterocycles. The summed E-state index contributed by atoms with van der Waals surface area (Å²) in [7, 11) is -3.05. The molecule has 5 heteroatoms. The minimum atomic E-state index is -3.05. The molecular formula is C10H14NO3S+. The summed E-state index contributed by atoms with van der Waals surface area (Å²) in [6.45, 7) is 0. The summed E-state index contributed by atoms with van der Waals surface area (Å²) in [6.07, 6.45) is -0.754. The lowest BCUT2D eigenvalue weighted by molar-refractivity contribution is -0.613. The average Bonchev–Trinajstić information content (AvgIpc) is 2.41. The molecule has 0 saturated carbocycles. The molecule has 1 aromatic carbocycles. The zero-order chi connectivity index (χ0) is 10.9. The minimum Gasteiger partial charge on any atom is -0.386 e. The van der Waals surface area contributed by atoms with E-state index < -0.39 is 15.9 Å². The highest BCUT2D eigenvalue weighted by molar-refractivity contribution is 7.91. The molecule has 0 amide bonds. The van der Waals surface area contributed by atoms with Crippen molar-refractivity contribution < 1.29 is 18.8 Å². The van der Waals surface area contributed by atoms with Gasteiger partial charge in [0.15, 0.2) is 9.84 Å². The van der Waals surface area contributed by atoms with Crippen LogP contribution in [-0.2, 0) is 9.84 Å². The molecule has 1 aliphatic heterocycles. The Labute approximate surface area is 88.9 Å². The molecule has 3 N–H and O–H groups in total. The summed E-state index contributed by atoms with van der Waals surface area (Å²) in [5, 5.41) is 11.4. The highest BCUT2D eigenvalue weighted by Crippen LogP contribution is 2.10. The van der Waals surface area contributed by atoms with E-state index in [4.69, 9.17) is 0 Å². The van der Waals surface area contributed by atoms with Crippen molar-refractivity contribution in [1.82, 2.24) is 0 Å². The third kappa shape index (κ3) is 2.56. The van der Waals surface area contributed by atoms with E-state index >= 15 is 0 Å². The Morgan fingerprint density at radius 3 is 2.40 bits per heavy atom. The van der Waals surface area contributed by atoms with Crippen LogP contribution in [0.1, 0.15) is 0 Å². The van der Waals surface area contributed by atoms with Crippen molar-refractivity contribution in [3.63, 3.8) is 0 Å². The number of hydrogen-bond acceptors (Lipinski definition) is 3. The van der Waals surface area contributed by atoms with Crippen molar-refractivity contribution in [2.45, 2.75) is 12.1 Å². The van der Waals surface area contributed by atoms with Crippen LogP contribution < -0.4 is 5.32 Å². The first-order valence-electron chi connectivity index (χ1n) is 4.85. The maximum absolute atomic E-state index is 11.3. The summed E-state index contributed by atoms with van der Waals surface area (Å²) in [6, 6.07) is 9.22. The zero-order valence-corrected chi connectivity index (χ0v) is 9.02. The minimum absolute atomic E-state index is 0.0586. The van der Waals surface area contributed by atoms with Crippen LogP contribution in [0.4, 0.5) is 5.69 Å². The summed E-state index contributed by atoms with van der Waals surface area (Å²) in [4.78, 5) is 0. The van der Waals surface area contributed by atoms with Crippen molar-refractivity contribution in [3.05, 3.63) is 30.3 Å². The van der Waals surface area contributed by atoms with E-state index in [1.165, 1.54) is 0 Å². The lowest BCUT2D eigenvalue weighted by Gasteiger charge is -2.10. The van der Waals surface area contributed by atoms with E-state index in [0.717, 1.165) is 5.69 Å². The first-order chi connectivity index (χ1) is 7.07. The van der Waals surface area contributed by atoms with Crippen LogP contribution in [0.25, 0.3) is 0 Å². The third-order valence-corrected chi connectivity index (χ3v) is 4.31. The van der Waals surface area contributed by atoms with Gasteiger partial charge in [-0.15, -0.1) is 0 Å². The van der Waals surface area contributed by atoms with Crippen molar-refractivity contribution >= 4 is 15.5 Å². The maximum Gasteiger partial charge on any atom is 0.159 e. The molecule has 1 fully saturated rings. The molecule has 0 aliphatic carbocycles. The molecule has 1 aliphatic rings. The van der Waals surface area contributed by atoms with Crippen LogP contribution in [0.3, 0.4) is 0 Å². The van der Waals surface area contributed by atoms with Crippen molar-refractivity contribution in [3.8, 4) is 0 Å². The molecule has 1 heterocycles. The van der Waals surface area contributed by atoms with Gasteiger partial charge in [-0.05, 0) is 12.1 Å². The van der Waals surface area contributed by atoms with Crippen LogP contribution in [0.2, 0.25) is 0 Å². The Morgan fingerprint density at radius 2 is 1.87 bits per heavy atom. The van der Waals surface area contributed by atoms with Gasteiger partial charge in [0.05, 0.1) is 5.75 Å². The van der Waals surface area contributed by atoms with Gasteiger partial charge >= 0.3 is 0 Å². The monoisotopic (exact) mass is 228 g/mol. The van der Waals surface area contributed by atoms with Crippen LogP contribution >= 0.6 is 0 Å². The Balaban J connectivity index is 2.08. The van der Waals surface area contributed by atoms with Gasteiger partial charge in [-0.3, -0.25) is 0 Å². The first kappa shape index (κ1) is 10.6. The molecule has 0 radical (unpaired) electrons. The number of quaternary nitrogens is 1. The topological polar surface area (TPSA) is 71.0 Å². The number of sulfone groups is 1. The van der Waals surface area contributed by atoms with Gasteiger partial charge in [-0.1, -0.05) is 18.2 Å². The van der Waals surface area contributed by atoms with Gasteiger partial charge in [0.2, 0.25) is 0 Å². The molecule has 1 aromatic rings. The summed E-state index contributed by atoms with van der Waals surface area (Å²) < 4.78 is 22.5. The van der Waals surface area contributed by atoms with E-state index in [1.54, 1.807) is 0 Å². The molecule has 0 spiro atoms. The van der Waals surface area contributed by atoms with Gasteiger partial charge in [0, 0.05) is 0 Å². The largest absolute Gasteiger partial charge is 0.386 e. The number of aliphatic hydroxyl groups excluding tert-OH is 1. The average molecular weight is 228 g/mol. The fourth-order valence-electron chi connectivity index (χ4n) is 1.83. The third-order valence-electron chi connectivity index (χ3n) is 2.57. The first-order valence-corrected chi connectivity index (χ1v) is 6.67. The summed E-state index contributed by atoms with van der Waals surface area (Å²) >= 11 is 0. The molecular weight excluding hydrogens is 214 g/mol. The number of rotatable bonds is 2. The molecule has 2 unspecified atom stereocenters. The van der Waals surface area contributed by atoms with Crippen molar-refractivity contribution in [2.75, 3.05) is 11.5 Å². The van der Waals surface area contributed by atoms with Crippen molar-refractivity contribution in [2.24, 2.45) is 0 Å². The van der Waals surface area contributed by atoms with Gasteiger partial charge in [0.1, 0.15) is 23.6 Å². The number of hydrogen-bond donors (Lipinski definition) is 2. The molecule has 15 heavy (non-hydrogen) atoms. The van der Waals surface area contributed by atoms with E-state index in [-0.39, 0.29) is 17.5 Å². The number of aliphatic hydroxyl groups is 1. The highest BCUT2D eigenvalue weighted by Gasteiger charge is 2.39. The molecule has 82 valence electrons. The number of para-hydroxylation sites is 1. The standard InChI is InChI=1S/C10H13NO3S/c12-10-7-15(13,14)6-9(10)11-8-4-2-1-3-5-8/h1-5,9-12H,6-7H2/p+1. The second-order valence-electron chi connectivity index (χ2n) is 3.89. The van der Waals surface area contributed by atoms with Crippen LogP contribution in [0, 0.1) is 0 Å². The Hall–Kier alpha value is -0.910. The highest BCUT2D eigenvalue weighted by atomic mass is 32.2. The second-order valence-corrected chi connectivity index (χ2v) is 6.04. The van der Waals surface area contributed by atoms with Gasteiger partial charge in [-0.25, -0.2) is 8.42 Å². The Kier molecular flexibility index (Phi) is 2.77. The van der Waals surface area contributed by atoms with E-state index in [9.17, 15) is 13.5 Å². The van der Waals surface area contributed by atoms with E-state index in [2.05, 4.69) is 0 Å². The predicted octanol–water partition coefficient (Wildman–Crippen LogP) is -0.961. The second kappa shape index (κ2) is 3.92. The number of nitrogens with two attached hydrogens (primary N) is 1. The van der Waals surface area contributed by atoms with Crippen LogP contribution in [0.15, 0.2) is 30.3 Å². The van der Waals surface area contributed by atoms with E-state index in [0.29, 0.717) is 0 Å².